The molecule has 2 amide bonds. The zero-order valence-electron chi connectivity index (χ0n) is 12.2. The van der Waals surface area contributed by atoms with Crippen molar-refractivity contribution in [3.63, 3.8) is 0 Å². The maximum atomic E-state index is 13.3. The van der Waals surface area contributed by atoms with Gasteiger partial charge in [0.05, 0.1) is 5.56 Å². The number of halogens is 1. The molecule has 0 heterocycles. The van der Waals surface area contributed by atoms with Crippen LogP contribution < -0.4 is 15.8 Å². The highest BCUT2D eigenvalue weighted by Gasteiger charge is 2.18. The largest absolute Gasteiger partial charge is 0.491 e. The zero-order valence-corrected chi connectivity index (χ0v) is 12.2. The highest BCUT2D eigenvalue weighted by Crippen LogP contribution is 2.21. The summed E-state index contributed by atoms with van der Waals surface area (Å²) in [6, 6.07) is 3.72. The van der Waals surface area contributed by atoms with Gasteiger partial charge in [-0.2, -0.15) is 0 Å². The first-order chi connectivity index (χ1) is 9.99. The summed E-state index contributed by atoms with van der Waals surface area (Å²) >= 11 is 0. The number of amides is 2. The summed E-state index contributed by atoms with van der Waals surface area (Å²) in [5, 5.41) is 2.47. The molecular weight excluding hydrogens is 277 g/mol. The quantitative estimate of drug-likeness (QED) is 0.761. The van der Waals surface area contributed by atoms with Crippen LogP contribution in [0.25, 0.3) is 0 Å². The number of nitrogens with two attached hydrogens (primary N) is 1. The van der Waals surface area contributed by atoms with Crippen molar-refractivity contribution >= 4 is 11.8 Å². The number of hydrogen-bond donors (Lipinski definition) is 2. The van der Waals surface area contributed by atoms with Crippen molar-refractivity contribution in [2.75, 3.05) is 33.8 Å². The number of ether oxygens (including phenoxy) is 1. The molecule has 0 saturated carbocycles. The smallest absolute Gasteiger partial charge is 0.257 e. The van der Waals surface area contributed by atoms with E-state index in [0.717, 1.165) is 6.07 Å². The number of carbonyl (C=O) groups is 2. The highest BCUT2D eigenvalue weighted by molar-refractivity contribution is 5.97. The fourth-order valence-corrected chi connectivity index (χ4v) is 1.67. The summed E-state index contributed by atoms with van der Waals surface area (Å²) in [7, 11) is 3.07. The molecule has 0 radical (unpaired) electrons. The van der Waals surface area contributed by atoms with Crippen molar-refractivity contribution in [3.8, 4) is 5.75 Å². The Morgan fingerprint density at radius 3 is 2.76 bits per heavy atom. The molecule has 0 bridgehead atoms. The van der Waals surface area contributed by atoms with E-state index in [1.165, 1.54) is 24.1 Å². The Hall–Kier alpha value is -2.15. The fraction of sp³-hybridized carbons (Fsp3) is 0.429. The molecule has 1 aromatic rings. The normalized spacial score (nSPS) is 10.1. The predicted molar refractivity (Wildman–Crippen MR) is 76.6 cm³/mol. The first-order valence-electron chi connectivity index (χ1n) is 6.58. The molecule has 0 aliphatic rings. The Morgan fingerprint density at radius 1 is 1.43 bits per heavy atom. The number of carbonyl (C=O) groups excluding carboxylic acids is 2. The Morgan fingerprint density at radius 2 is 2.14 bits per heavy atom. The van der Waals surface area contributed by atoms with Gasteiger partial charge in [0, 0.05) is 33.6 Å². The van der Waals surface area contributed by atoms with Crippen LogP contribution in [0.5, 0.6) is 5.75 Å². The van der Waals surface area contributed by atoms with E-state index >= 15 is 0 Å². The molecule has 0 aliphatic heterocycles. The van der Waals surface area contributed by atoms with Gasteiger partial charge >= 0.3 is 0 Å². The SMILES string of the molecule is CNC(=O)CCN(C)C(=O)c1cc(F)ccc1OCCN. The van der Waals surface area contributed by atoms with Crippen LogP contribution in [-0.4, -0.2) is 50.5 Å². The standard InChI is InChI=1S/C14H20FN3O3/c1-17-13(19)5-7-18(2)14(20)11-9-10(15)3-4-12(11)21-8-6-16/h3-4,9H,5-8,16H2,1-2H3,(H,17,19). The molecule has 116 valence electrons. The average molecular weight is 297 g/mol. The summed E-state index contributed by atoms with van der Waals surface area (Å²) in [6.07, 6.45) is 0.174. The first kappa shape index (κ1) is 16.9. The van der Waals surface area contributed by atoms with Crippen LogP contribution >= 0.6 is 0 Å². The third kappa shape index (κ3) is 5.03. The molecule has 0 atom stereocenters. The first-order valence-corrected chi connectivity index (χ1v) is 6.58. The van der Waals surface area contributed by atoms with E-state index in [9.17, 15) is 14.0 Å². The molecule has 1 rings (SSSR count). The molecular formula is C14H20FN3O3. The number of rotatable bonds is 7. The van der Waals surface area contributed by atoms with E-state index in [1.54, 1.807) is 7.05 Å². The highest BCUT2D eigenvalue weighted by atomic mass is 19.1. The second kappa shape index (κ2) is 8.21. The molecule has 0 unspecified atom stereocenters. The van der Waals surface area contributed by atoms with Crippen LogP contribution in [0.15, 0.2) is 18.2 Å². The van der Waals surface area contributed by atoms with E-state index in [2.05, 4.69) is 5.32 Å². The average Bonchev–Trinajstić information content (AvgIpc) is 2.50. The van der Waals surface area contributed by atoms with Gasteiger partial charge in [-0.3, -0.25) is 9.59 Å². The maximum absolute atomic E-state index is 13.3. The van der Waals surface area contributed by atoms with Crippen molar-refractivity contribution in [1.29, 1.82) is 0 Å². The Balaban J connectivity index is 2.84. The van der Waals surface area contributed by atoms with Crippen LogP contribution in [0.2, 0.25) is 0 Å². The van der Waals surface area contributed by atoms with Gasteiger partial charge in [-0.05, 0) is 18.2 Å². The lowest BCUT2D eigenvalue weighted by molar-refractivity contribution is -0.120. The van der Waals surface area contributed by atoms with Gasteiger partial charge in [-0.25, -0.2) is 4.39 Å². The van der Waals surface area contributed by atoms with Crippen molar-refractivity contribution in [1.82, 2.24) is 10.2 Å². The minimum atomic E-state index is -0.529. The lowest BCUT2D eigenvalue weighted by atomic mass is 10.1. The molecule has 0 fully saturated rings. The summed E-state index contributed by atoms with van der Waals surface area (Å²) < 4.78 is 18.7. The molecule has 0 saturated heterocycles. The van der Waals surface area contributed by atoms with E-state index in [0.29, 0.717) is 0 Å². The molecule has 1 aromatic carbocycles. The zero-order chi connectivity index (χ0) is 15.8. The maximum Gasteiger partial charge on any atom is 0.257 e. The van der Waals surface area contributed by atoms with Gasteiger partial charge in [0.2, 0.25) is 5.91 Å². The van der Waals surface area contributed by atoms with Crippen LogP contribution in [0.4, 0.5) is 4.39 Å². The second-order valence-corrected chi connectivity index (χ2v) is 4.43. The minimum Gasteiger partial charge on any atom is -0.491 e. The minimum absolute atomic E-state index is 0.114. The molecule has 6 nitrogen and oxygen atoms in total. The summed E-state index contributed by atoms with van der Waals surface area (Å²) in [5.74, 6) is -0.837. The van der Waals surface area contributed by atoms with Crippen molar-refractivity contribution in [2.24, 2.45) is 5.73 Å². The molecule has 21 heavy (non-hydrogen) atoms. The Kier molecular flexibility index (Phi) is 6.61. The Labute approximate surface area is 123 Å². The van der Waals surface area contributed by atoms with Crippen LogP contribution in [-0.2, 0) is 4.79 Å². The number of nitrogens with one attached hydrogen (secondary N) is 1. The summed E-state index contributed by atoms with van der Waals surface area (Å²) in [5.41, 5.74) is 5.46. The third-order valence-corrected chi connectivity index (χ3v) is 2.85. The lowest BCUT2D eigenvalue weighted by Gasteiger charge is -2.19. The topological polar surface area (TPSA) is 84.7 Å². The van der Waals surface area contributed by atoms with Crippen LogP contribution in [0.1, 0.15) is 16.8 Å². The molecule has 0 aromatic heterocycles. The van der Waals surface area contributed by atoms with E-state index in [-0.39, 0.29) is 43.3 Å². The van der Waals surface area contributed by atoms with Gasteiger partial charge in [0.15, 0.2) is 0 Å². The molecule has 3 N–H and O–H groups in total. The summed E-state index contributed by atoms with van der Waals surface area (Å²) in [4.78, 5) is 24.8. The van der Waals surface area contributed by atoms with Gasteiger partial charge in [0.25, 0.3) is 5.91 Å². The molecule has 0 spiro atoms. The van der Waals surface area contributed by atoms with E-state index in [4.69, 9.17) is 10.5 Å². The van der Waals surface area contributed by atoms with Gasteiger partial charge in [0.1, 0.15) is 18.2 Å². The van der Waals surface area contributed by atoms with Crippen LogP contribution in [0, 0.1) is 5.82 Å². The fourth-order valence-electron chi connectivity index (χ4n) is 1.67. The Bertz CT molecular complexity index is 508. The molecule has 0 aliphatic carbocycles. The number of nitrogens with zero attached hydrogens (tertiary/aromatic N) is 1. The van der Waals surface area contributed by atoms with E-state index < -0.39 is 11.7 Å². The monoisotopic (exact) mass is 297 g/mol. The van der Waals surface area contributed by atoms with Gasteiger partial charge in [-0.1, -0.05) is 0 Å². The third-order valence-electron chi connectivity index (χ3n) is 2.85. The van der Waals surface area contributed by atoms with Gasteiger partial charge in [-0.15, -0.1) is 0 Å². The van der Waals surface area contributed by atoms with Crippen LogP contribution in [0.3, 0.4) is 0 Å². The summed E-state index contributed by atoms with van der Waals surface area (Å²) in [6.45, 7) is 0.747. The number of benzene rings is 1. The molecule has 7 heteroatoms. The van der Waals surface area contributed by atoms with Crippen molar-refractivity contribution in [3.05, 3.63) is 29.6 Å². The second-order valence-electron chi connectivity index (χ2n) is 4.43. The number of hydrogen-bond acceptors (Lipinski definition) is 4. The lowest BCUT2D eigenvalue weighted by Crippen LogP contribution is -2.31. The van der Waals surface area contributed by atoms with E-state index in [1.807, 2.05) is 0 Å². The van der Waals surface area contributed by atoms with Gasteiger partial charge < -0.3 is 20.7 Å². The predicted octanol–water partition coefficient (Wildman–Crippen LogP) is 0.371. The van der Waals surface area contributed by atoms with Crippen molar-refractivity contribution in [2.45, 2.75) is 6.42 Å². The van der Waals surface area contributed by atoms with Crippen molar-refractivity contribution < 1.29 is 18.7 Å².